The lowest BCUT2D eigenvalue weighted by Gasteiger charge is -2.09. The van der Waals surface area contributed by atoms with Gasteiger partial charge in [0.25, 0.3) is 0 Å². The third-order valence-electron chi connectivity index (χ3n) is 4.67. The summed E-state index contributed by atoms with van der Waals surface area (Å²) in [7, 11) is 0. The first-order valence-corrected chi connectivity index (χ1v) is 7.42. The highest BCUT2D eigenvalue weighted by atomic mass is 16.1. The van der Waals surface area contributed by atoms with Crippen molar-refractivity contribution in [3.05, 3.63) is 72.3 Å². The molecule has 0 radical (unpaired) electrons. The van der Waals surface area contributed by atoms with Gasteiger partial charge in [0.2, 0.25) is 0 Å². The van der Waals surface area contributed by atoms with Crippen LogP contribution < -0.4 is 0 Å². The average molecular weight is 280 g/mol. The number of fused-ring (bicyclic) bond motifs is 5. The Morgan fingerprint density at radius 1 is 0.636 bits per heavy atom. The molecule has 0 N–H and O–H groups in total. The van der Waals surface area contributed by atoms with Crippen LogP contribution in [0, 0.1) is 0 Å². The summed E-state index contributed by atoms with van der Waals surface area (Å²) < 4.78 is 0. The van der Waals surface area contributed by atoms with E-state index in [1.165, 1.54) is 33.0 Å². The Morgan fingerprint density at radius 3 is 2.18 bits per heavy atom. The zero-order valence-electron chi connectivity index (χ0n) is 11.8. The van der Waals surface area contributed by atoms with Crippen molar-refractivity contribution >= 4 is 27.8 Å². The van der Waals surface area contributed by atoms with Gasteiger partial charge in [-0.3, -0.25) is 4.79 Å². The minimum atomic E-state index is 0.768. The summed E-state index contributed by atoms with van der Waals surface area (Å²) in [5.74, 6) is 0. The summed E-state index contributed by atoms with van der Waals surface area (Å²) in [5.41, 5.74) is 5.76. The van der Waals surface area contributed by atoms with Gasteiger partial charge in [0.05, 0.1) is 0 Å². The highest BCUT2D eigenvalue weighted by Crippen LogP contribution is 2.49. The normalized spacial score (nSPS) is 11.8. The van der Waals surface area contributed by atoms with E-state index in [-0.39, 0.29) is 0 Å². The van der Waals surface area contributed by atoms with Crippen LogP contribution in [-0.2, 0) is 0 Å². The maximum atomic E-state index is 11.6. The Kier molecular flexibility index (Phi) is 2.15. The van der Waals surface area contributed by atoms with Crippen molar-refractivity contribution in [3.63, 3.8) is 0 Å². The number of rotatable bonds is 1. The molecule has 22 heavy (non-hydrogen) atoms. The fourth-order valence-corrected chi connectivity index (χ4v) is 3.75. The van der Waals surface area contributed by atoms with E-state index in [0.717, 1.165) is 22.6 Å². The van der Waals surface area contributed by atoms with Crippen molar-refractivity contribution in [2.45, 2.75) is 0 Å². The summed E-state index contributed by atoms with van der Waals surface area (Å²) in [4.78, 5) is 11.6. The van der Waals surface area contributed by atoms with Gasteiger partial charge in [-0.15, -0.1) is 0 Å². The van der Waals surface area contributed by atoms with E-state index >= 15 is 0 Å². The fourth-order valence-electron chi connectivity index (χ4n) is 3.75. The first-order valence-electron chi connectivity index (χ1n) is 7.42. The number of hydrogen-bond acceptors (Lipinski definition) is 1. The molecule has 5 rings (SSSR count). The lowest BCUT2D eigenvalue weighted by Crippen LogP contribution is -1.87. The second-order valence-electron chi connectivity index (χ2n) is 5.76. The summed E-state index contributed by atoms with van der Waals surface area (Å²) in [5, 5.41) is 4.63. The second-order valence-corrected chi connectivity index (χ2v) is 5.76. The molecule has 0 aromatic heterocycles. The summed E-state index contributed by atoms with van der Waals surface area (Å²) in [6.07, 6.45) is 0.971. The first-order chi connectivity index (χ1) is 10.9. The molecule has 0 amide bonds. The standard InChI is InChI=1S/C21H12O/c22-12-14-9-10-18-16-7-3-4-8-17(16)19-11-13-5-1-2-6-15(13)20(14)21(18)19/h1-12H. The number of aldehydes is 1. The molecule has 0 aliphatic heterocycles. The van der Waals surface area contributed by atoms with E-state index in [0.29, 0.717) is 0 Å². The van der Waals surface area contributed by atoms with E-state index in [9.17, 15) is 4.79 Å². The van der Waals surface area contributed by atoms with Crippen LogP contribution in [0.15, 0.2) is 66.7 Å². The van der Waals surface area contributed by atoms with Gasteiger partial charge in [0.1, 0.15) is 0 Å². The van der Waals surface area contributed by atoms with Gasteiger partial charge in [0.15, 0.2) is 6.29 Å². The molecule has 102 valence electrons. The molecule has 4 aromatic carbocycles. The zero-order valence-corrected chi connectivity index (χ0v) is 11.8. The quantitative estimate of drug-likeness (QED) is 0.294. The number of hydrogen-bond donors (Lipinski definition) is 0. The Bertz CT molecular complexity index is 1090. The number of carbonyl (C=O) groups excluding carboxylic acids is 1. The largest absolute Gasteiger partial charge is 0.298 e. The Labute approximate surface area is 127 Å². The molecule has 0 atom stereocenters. The van der Waals surface area contributed by atoms with Crippen LogP contribution in [0.25, 0.3) is 43.8 Å². The van der Waals surface area contributed by atoms with Crippen molar-refractivity contribution in [1.29, 1.82) is 0 Å². The first kappa shape index (κ1) is 11.7. The lowest BCUT2D eigenvalue weighted by molar-refractivity contribution is 0.112. The Morgan fingerprint density at radius 2 is 1.36 bits per heavy atom. The molecule has 1 nitrogen and oxygen atoms in total. The van der Waals surface area contributed by atoms with Gasteiger partial charge in [-0.1, -0.05) is 60.7 Å². The van der Waals surface area contributed by atoms with Gasteiger partial charge in [0, 0.05) is 10.9 Å². The van der Waals surface area contributed by atoms with Crippen molar-refractivity contribution in [2.75, 3.05) is 0 Å². The molecular formula is C21H12O. The molecule has 1 aliphatic rings. The predicted octanol–water partition coefficient (Wildman–Crippen LogP) is 5.45. The van der Waals surface area contributed by atoms with Crippen molar-refractivity contribution in [3.8, 4) is 22.3 Å². The number of carbonyl (C=O) groups is 1. The van der Waals surface area contributed by atoms with E-state index in [4.69, 9.17) is 0 Å². The van der Waals surface area contributed by atoms with Crippen molar-refractivity contribution in [2.24, 2.45) is 0 Å². The summed E-state index contributed by atoms with van der Waals surface area (Å²) in [6, 6.07) is 23.1. The smallest absolute Gasteiger partial charge is 0.150 e. The highest BCUT2D eigenvalue weighted by molar-refractivity contribution is 6.26. The van der Waals surface area contributed by atoms with Crippen LogP contribution in [0.5, 0.6) is 0 Å². The van der Waals surface area contributed by atoms with Crippen LogP contribution in [0.1, 0.15) is 10.4 Å². The summed E-state index contributed by atoms with van der Waals surface area (Å²) >= 11 is 0. The van der Waals surface area contributed by atoms with E-state index < -0.39 is 0 Å². The molecule has 0 bridgehead atoms. The van der Waals surface area contributed by atoms with Gasteiger partial charge < -0.3 is 0 Å². The molecule has 0 unspecified atom stereocenters. The maximum absolute atomic E-state index is 11.6. The van der Waals surface area contributed by atoms with Crippen LogP contribution in [-0.4, -0.2) is 6.29 Å². The van der Waals surface area contributed by atoms with Crippen LogP contribution >= 0.6 is 0 Å². The summed E-state index contributed by atoms with van der Waals surface area (Å²) in [6.45, 7) is 0. The van der Waals surface area contributed by atoms with Crippen LogP contribution in [0.2, 0.25) is 0 Å². The van der Waals surface area contributed by atoms with Gasteiger partial charge in [-0.05, 0) is 44.5 Å². The third kappa shape index (κ3) is 1.31. The second kappa shape index (κ2) is 4.05. The molecule has 0 saturated carbocycles. The minimum Gasteiger partial charge on any atom is -0.298 e. The Balaban J connectivity index is 2.13. The minimum absolute atomic E-state index is 0.768. The molecule has 1 aliphatic carbocycles. The molecule has 4 aromatic rings. The average Bonchev–Trinajstić information content (AvgIpc) is 2.90. The molecule has 0 spiro atoms. The van der Waals surface area contributed by atoms with E-state index in [2.05, 4.69) is 48.5 Å². The maximum Gasteiger partial charge on any atom is 0.150 e. The fraction of sp³-hybridized carbons (Fsp3) is 0. The SMILES string of the molecule is O=Cc1ccc2c3c(cc4ccccc4c13)-c1ccccc1-2. The molecule has 0 fully saturated rings. The molecule has 0 heterocycles. The lowest BCUT2D eigenvalue weighted by atomic mass is 9.93. The third-order valence-corrected chi connectivity index (χ3v) is 4.67. The van der Waals surface area contributed by atoms with Crippen LogP contribution in [0.3, 0.4) is 0 Å². The Hall–Kier alpha value is -2.93. The van der Waals surface area contributed by atoms with Crippen LogP contribution in [0.4, 0.5) is 0 Å². The van der Waals surface area contributed by atoms with Gasteiger partial charge >= 0.3 is 0 Å². The monoisotopic (exact) mass is 280 g/mol. The van der Waals surface area contributed by atoms with Crippen molar-refractivity contribution in [1.82, 2.24) is 0 Å². The van der Waals surface area contributed by atoms with Gasteiger partial charge in [-0.2, -0.15) is 0 Å². The molecule has 1 heteroatoms. The topological polar surface area (TPSA) is 17.1 Å². The molecular weight excluding hydrogens is 268 g/mol. The predicted molar refractivity (Wildman–Crippen MR) is 91.3 cm³/mol. The van der Waals surface area contributed by atoms with E-state index in [1.807, 2.05) is 18.2 Å². The van der Waals surface area contributed by atoms with Gasteiger partial charge in [-0.25, -0.2) is 0 Å². The molecule has 0 saturated heterocycles. The van der Waals surface area contributed by atoms with Crippen molar-refractivity contribution < 1.29 is 4.79 Å². The highest BCUT2D eigenvalue weighted by Gasteiger charge is 2.23. The van der Waals surface area contributed by atoms with E-state index in [1.54, 1.807) is 0 Å². The zero-order chi connectivity index (χ0) is 14.7. The number of benzene rings is 4.